The lowest BCUT2D eigenvalue weighted by molar-refractivity contribution is -0.288. The Morgan fingerprint density at radius 1 is 0.491 bits per heavy atom. The minimum Gasteiger partial charge on any atom is -0.478 e. The maximum absolute atomic E-state index is 15.1. The topological polar surface area (TPSA) is 180 Å². The number of alkyl halides is 6. The summed E-state index contributed by atoms with van der Waals surface area (Å²) in [5.74, 6) is -8.51. The van der Waals surface area contributed by atoms with Crippen LogP contribution in [0.4, 0.5) is 26.3 Å². The van der Waals surface area contributed by atoms with Gasteiger partial charge in [-0.05, 0) is 70.8 Å². The Balaban J connectivity index is 1.77. The molecule has 0 amide bonds. The SMILES string of the molecule is COC(=O)c1ccc(COC(=O)c2ccc(C(c3ccc(C(=O)O)c(C(=O)OCc4ccc(C(=O)OC)cc4)c3)(C(F)(F)F)C(F)(F)F)cc2C(=O)O)cc1. The summed E-state index contributed by atoms with van der Waals surface area (Å²) in [4.78, 5) is 73.4. The van der Waals surface area contributed by atoms with Crippen molar-refractivity contribution in [3.8, 4) is 0 Å². The standard InChI is InChI=1S/C37H26F6O12/c1-52-31(48)21-7-3-19(4-8-21)17-54-33(50)26-14-12-23(15-27(26)30(46)47)35(36(38,39)40,37(41,42)43)24-11-13-25(29(44)45)28(16-24)34(51)55-18-20-5-9-22(10-6-20)32(49)53-2/h3-16H,17-18H2,1-2H3,(H,44,45)(H,46,47). The minimum absolute atomic E-state index is 0.0217. The molecular formula is C37H26F6O12. The Bertz CT molecular complexity index is 2130. The van der Waals surface area contributed by atoms with Gasteiger partial charge < -0.3 is 29.2 Å². The van der Waals surface area contributed by atoms with Gasteiger partial charge in [-0.2, -0.15) is 26.3 Å². The van der Waals surface area contributed by atoms with E-state index in [-0.39, 0.29) is 46.5 Å². The van der Waals surface area contributed by atoms with Crippen molar-refractivity contribution >= 4 is 35.8 Å². The molecule has 12 nitrogen and oxygen atoms in total. The highest BCUT2D eigenvalue weighted by Crippen LogP contribution is 2.56. The number of carboxylic acids is 2. The Kier molecular flexibility index (Phi) is 12.0. The molecule has 0 unspecified atom stereocenters. The maximum Gasteiger partial charge on any atom is 0.411 e. The van der Waals surface area contributed by atoms with Crippen LogP contribution in [0.3, 0.4) is 0 Å². The highest BCUT2D eigenvalue weighted by molar-refractivity contribution is 6.03. The number of hydrogen-bond donors (Lipinski definition) is 2. The van der Waals surface area contributed by atoms with E-state index < -0.39 is 100 Å². The molecule has 0 bridgehead atoms. The second kappa shape index (κ2) is 16.1. The quantitative estimate of drug-likeness (QED) is 0.0876. The lowest BCUT2D eigenvalue weighted by atomic mass is 9.71. The van der Waals surface area contributed by atoms with E-state index in [1.807, 2.05) is 0 Å². The number of esters is 4. The van der Waals surface area contributed by atoms with E-state index >= 15 is 26.3 Å². The first kappa shape index (κ1) is 41.0. The van der Waals surface area contributed by atoms with Crippen LogP contribution >= 0.6 is 0 Å². The zero-order valence-electron chi connectivity index (χ0n) is 28.2. The lowest BCUT2D eigenvalue weighted by Gasteiger charge is -2.38. The molecule has 4 aromatic rings. The minimum atomic E-state index is -6.34. The van der Waals surface area contributed by atoms with Gasteiger partial charge in [-0.25, -0.2) is 28.8 Å². The molecule has 0 aliphatic carbocycles. The maximum atomic E-state index is 15.1. The van der Waals surface area contributed by atoms with Crippen molar-refractivity contribution in [1.82, 2.24) is 0 Å². The first-order valence-electron chi connectivity index (χ1n) is 15.3. The monoisotopic (exact) mass is 776 g/mol. The Morgan fingerprint density at radius 3 is 1.22 bits per heavy atom. The van der Waals surface area contributed by atoms with Gasteiger partial charge in [0.05, 0.1) is 47.6 Å². The van der Waals surface area contributed by atoms with Crippen molar-refractivity contribution in [3.63, 3.8) is 0 Å². The Hall–Kier alpha value is -6.72. The van der Waals surface area contributed by atoms with Crippen LogP contribution in [0, 0.1) is 0 Å². The summed E-state index contributed by atoms with van der Waals surface area (Å²) in [6.07, 6.45) is -12.7. The fourth-order valence-corrected chi connectivity index (χ4v) is 5.41. The molecule has 2 N–H and O–H groups in total. The average molecular weight is 777 g/mol. The summed E-state index contributed by atoms with van der Waals surface area (Å²) in [6, 6.07) is 11.5. The van der Waals surface area contributed by atoms with Gasteiger partial charge in [0.2, 0.25) is 5.41 Å². The molecule has 55 heavy (non-hydrogen) atoms. The lowest BCUT2D eigenvalue weighted by Crippen LogP contribution is -2.55. The van der Waals surface area contributed by atoms with Crippen molar-refractivity contribution in [3.05, 3.63) is 141 Å². The van der Waals surface area contributed by atoms with Gasteiger partial charge >= 0.3 is 48.2 Å². The first-order valence-corrected chi connectivity index (χ1v) is 15.3. The van der Waals surface area contributed by atoms with Crippen LogP contribution in [0.5, 0.6) is 0 Å². The van der Waals surface area contributed by atoms with Gasteiger partial charge in [0.15, 0.2) is 0 Å². The summed E-state index contributed by atoms with van der Waals surface area (Å²) in [5.41, 5.74) is -12.4. The third kappa shape index (κ3) is 8.42. The first-order chi connectivity index (χ1) is 25.8. The molecule has 0 fully saturated rings. The predicted octanol–water partition coefficient (Wildman–Crippen LogP) is 6.78. The molecule has 0 aromatic heterocycles. The molecule has 0 atom stereocenters. The number of hydrogen-bond acceptors (Lipinski definition) is 10. The Morgan fingerprint density at radius 2 is 0.855 bits per heavy atom. The van der Waals surface area contributed by atoms with Crippen molar-refractivity contribution in [2.75, 3.05) is 14.2 Å². The van der Waals surface area contributed by atoms with Gasteiger partial charge in [-0.3, -0.25) is 0 Å². The number of rotatable bonds is 12. The van der Waals surface area contributed by atoms with Gasteiger partial charge in [0.25, 0.3) is 0 Å². The van der Waals surface area contributed by atoms with Crippen molar-refractivity contribution < 1.29 is 84.3 Å². The van der Waals surface area contributed by atoms with Crippen LogP contribution in [0.15, 0.2) is 84.9 Å². The molecule has 0 radical (unpaired) electrons. The number of methoxy groups -OCH3 is 2. The number of aromatic carboxylic acids is 2. The molecule has 4 aromatic carbocycles. The number of halogens is 6. The fraction of sp³-hybridized carbons (Fsp3) is 0.189. The molecular weight excluding hydrogens is 750 g/mol. The second-order valence-corrected chi connectivity index (χ2v) is 11.4. The van der Waals surface area contributed by atoms with Crippen LogP contribution in [0.25, 0.3) is 0 Å². The number of ether oxygens (including phenoxy) is 4. The van der Waals surface area contributed by atoms with E-state index in [0.717, 1.165) is 14.2 Å². The van der Waals surface area contributed by atoms with Crippen LogP contribution in [0.2, 0.25) is 0 Å². The highest BCUT2D eigenvalue weighted by Gasteiger charge is 2.72. The smallest absolute Gasteiger partial charge is 0.411 e. The number of benzene rings is 4. The molecule has 0 aliphatic heterocycles. The largest absolute Gasteiger partial charge is 0.478 e. The number of carbonyl (C=O) groups excluding carboxylic acids is 4. The molecule has 0 spiro atoms. The normalized spacial score (nSPS) is 11.6. The zero-order valence-corrected chi connectivity index (χ0v) is 28.2. The number of carboxylic acid groups (broad SMARTS) is 2. The van der Waals surface area contributed by atoms with Crippen molar-refractivity contribution in [1.29, 1.82) is 0 Å². The summed E-state index contributed by atoms with van der Waals surface area (Å²) in [7, 11) is 2.26. The summed E-state index contributed by atoms with van der Waals surface area (Å²) in [5, 5.41) is 19.5. The summed E-state index contributed by atoms with van der Waals surface area (Å²) < 4.78 is 110. The Labute approximate surface area is 305 Å². The molecule has 4 rings (SSSR count). The molecule has 0 aliphatic rings. The van der Waals surface area contributed by atoms with Crippen LogP contribution in [-0.4, -0.2) is 72.6 Å². The zero-order chi connectivity index (χ0) is 40.9. The molecule has 0 saturated carbocycles. The molecule has 0 heterocycles. The predicted molar refractivity (Wildman–Crippen MR) is 173 cm³/mol. The van der Waals surface area contributed by atoms with E-state index in [1.54, 1.807) is 0 Å². The van der Waals surface area contributed by atoms with E-state index in [1.165, 1.54) is 48.5 Å². The van der Waals surface area contributed by atoms with Crippen LogP contribution < -0.4 is 0 Å². The van der Waals surface area contributed by atoms with E-state index in [4.69, 9.17) is 9.47 Å². The van der Waals surface area contributed by atoms with Gasteiger partial charge in [0, 0.05) is 0 Å². The second-order valence-electron chi connectivity index (χ2n) is 11.4. The molecule has 288 valence electrons. The third-order valence-corrected chi connectivity index (χ3v) is 8.15. The van der Waals surface area contributed by atoms with E-state index in [2.05, 4.69) is 9.47 Å². The summed E-state index contributed by atoms with van der Waals surface area (Å²) in [6.45, 7) is -1.21. The van der Waals surface area contributed by atoms with Crippen LogP contribution in [-0.2, 0) is 37.6 Å². The third-order valence-electron chi connectivity index (χ3n) is 8.15. The van der Waals surface area contributed by atoms with Gasteiger partial charge in [-0.1, -0.05) is 36.4 Å². The van der Waals surface area contributed by atoms with E-state index in [9.17, 15) is 39.0 Å². The van der Waals surface area contributed by atoms with E-state index in [0.29, 0.717) is 12.1 Å². The summed E-state index contributed by atoms with van der Waals surface area (Å²) >= 11 is 0. The molecule has 18 heteroatoms. The average Bonchev–Trinajstić information content (AvgIpc) is 3.14. The molecule has 0 saturated heterocycles. The highest BCUT2D eigenvalue weighted by atomic mass is 19.4. The van der Waals surface area contributed by atoms with Crippen molar-refractivity contribution in [2.24, 2.45) is 0 Å². The fourth-order valence-electron chi connectivity index (χ4n) is 5.41. The van der Waals surface area contributed by atoms with Gasteiger partial charge in [-0.15, -0.1) is 0 Å². The number of carbonyl (C=O) groups is 6. The van der Waals surface area contributed by atoms with Crippen molar-refractivity contribution in [2.45, 2.75) is 31.0 Å². The van der Waals surface area contributed by atoms with Gasteiger partial charge in [0.1, 0.15) is 13.2 Å². The van der Waals surface area contributed by atoms with Crippen LogP contribution in [0.1, 0.15) is 84.4 Å².